The molecule has 1 atom stereocenters. The minimum Gasteiger partial charge on any atom is -0.481 e. The predicted octanol–water partition coefficient (Wildman–Crippen LogP) is 4.40. The number of halogens is 3. The second kappa shape index (κ2) is 7.37. The number of rotatable bonds is 5. The van der Waals surface area contributed by atoms with E-state index in [2.05, 4.69) is 0 Å². The van der Waals surface area contributed by atoms with Gasteiger partial charge in [0.25, 0.3) is 0 Å². The molecule has 1 unspecified atom stereocenters. The molecule has 1 heterocycles. The van der Waals surface area contributed by atoms with Crippen molar-refractivity contribution in [3.63, 3.8) is 0 Å². The summed E-state index contributed by atoms with van der Waals surface area (Å²) in [6.07, 6.45) is -3.80. The van der Waals surface area contributed by atoms with Crippen LogP contribution in [0, 0.1) is 5.92 Å². The summed E-state index contributed by atoms with van der Waals surface area (Å²) < 4.78 is 43.9. The third kappa shape index (κ3) is 4.54. The first kappa shape index (κ1) is 18.3. The van der Waals surface area contributed by atoms with Crippen LogP contribution >= 0.6 is 0 Å². The monoisotopic (exact) mass is 365 g/mol. The van der Waals surface area contributed by atoms with Gasteiger partial charge in [0, 0.05) is 13.1 Å². The molecule has 0 bridgehead atoms. The number of carboxylic acids is 1. The Kier molecular flexibility index (Phi) is 5.18. The molecule has 3 rings (SSSR count). The van der Waals surface area contributed by atoms with Gasteiger partial charge in [0.1, 0.15) is 11.5 Å². The molecule has 2 aromatic rings. The molecular weight excluding hydrogens is 347 g/mol. The summed E-state index contributed by atoms with van der Waals surface area (Å²) >= 11 is 0. The molecule has 0 aliphatic carbocycles. The Labute approximate surface area is 148 Å². The summed E-state index contributed by atoms with van der Waals surface area (Å²) in [6, 6.07) is 11.8. The molecule has 0 radical (unpaired) electrons. The van der Waals surface area contributed by atoms with E-state index in [1.54, 1.807) is 18.2 Å². The summed E-state index contributed by atoms with van der Waals surface area (Å²) in [5.74, 6) is -0.575. The van der Waals surface area contributed by atoms with Crippen LogP contribution in [0.2, 0.25) is 0 Å². The lowest BCUT2D eigenvalue weighted by Crippen LogP contribution is -2.22. The Morgan fingerprint density at radius 1 is 1.15 bits per heavy atom. The molecule has 1 saturated heterocycles. The molecule has 0 aromatic heterocycles. The fourth-order valence-corrected chi connectivity index (χ4v) is 3.02. The number of hydrogen-bond donors (Lipinski definition) is 1. The van der Waals surface area contributed by atoms with Gasteiger partial charge >= 0.3 is 12.1 Å². The van der Waals surface area contributed by atoms with Gasteiger partial charge < -0.3 is 9.84 Å². The van der Waals surface area contributed by atoms with Crippen molar-refractivity contribution in [3.8, 4) is 11.5 Å². The average molecular weight is 365 g/mol. The van der Waals surface area contributed by atoms with E-state index in [1.807, 2.05) is 11.0 Å². The van der Waals surface area contributed by atoms with Crippen molar-refractivity contribution in [2.45, 2.75) is 19.1 Å². The van der Waals surface area contributed by atoms with Crippen molar-refractivity contribution >= 4 is 5.97 Å². The average Bonchev–Trinajstić information content (AvgIpc) is 3.03. The molecule has 7 heteroatoms. The molecule has 1 aliphatic heterocycles. The zero-order valence-electron chi connectivity index (χ0n) is 13.9. The molecule has 1 aliphatic rings. The number of nitrogens with zero attached hydrogens (tertiary/aromatic N) is 1. The zero-order chi connectivity index (χ0) is 18.7. The van der Waals surface area contributed by atoms with Crippen LogP contribution in [0.1, 0.15) is 17.5 Å². The molecule has 138 valence electrons. The largest absolute Gasteiger partial charge is 0.481 e. The van der Waals surface area contributed by atoms with Gasteiger partial charge in [-0.2, -0.15) is 13.2 Å². The number of ether oxygens (including phenoxy) is 1. The van der Waals surface area contributed by atoms with Crippen LogP contribution in [0.25, 0.3) is 0 Å². The van der Waals surface area contributed by atoms with Crippen LogP contribution in [-0.4, -0.2) is 29.1 Å². The Balaban J connectivity index is 1.67. The van der Waals surface area contributed by atoms with Crippen LogP contribution in [0.15, 0.2) is 48.5 Å². The van der Waals surface area contributed by atoms with Gasteiger partial charge in [-0.05, 0) is 48.9 Å². The Morgan fingerprint density at radius 2 is 1.85 bits per heavy atom. The van der Waals surface area contributed by atoms with Gasteiger partial charge in [0.15, 0.2) is 0 Å². The number of carboxylic acid groups (broad SMARTS) is 1. The highest BCUT2D eigenvalue weighted by Crippen LogP contribution is 2.33. The van der Waals surface area contributed by atoms with E-state index in [0.717, 1.165) is 17.7 Å². The SMILES string of the molecule is O=C(O)C1CCN(Cc2cccc(Oc3cccc(C(F)(F)F)c3)c2)C1. The van der Waals surface area contributed by atoms with E-state index >= 15 is 0 Å². The normalized spacial score (nSPS) is 18.0. The zero-order valence-corrected chi connectivity index (χ0v) is 13.9. The summed E-state index contributed by atoms with van der Waals surface area (Å²) in [4.78, 5) is 13.1. The molecule has 0 amide bonds. The molecule has 2 aromatic carbocycles. The van der Waals surface area contributed by atoms with E-state index in [4.69, 9.17) is 9.84 Å². The van der Waals surface area contributed by atoms with Gasteiger partial charge in [-0.3, -0.25) is 9.69 Å². The maximum atomic E-state index is 12.8. The van der Waals surface area contributed by atoms with E-state index < -0.39 is 17.7 Å². The third-order valence-electron chi connectivity index (χ3n) is 4.32. The van der Waals surface area contributed by atoms with Crippen molar-refractivity contribution in [2.24, 2.45) is 5.92 Å². The van der Waals surface area contributed by atoms with E-state index in [1.165, 1.54) is 12.1 Å². The van der Waals surface area contributed by atoms with Crippen molar-refractivity contribution in [1.82, 2.24) is 4.90 Å². The lowest BCUT2D eigenvalue weighted by molar-refractivity contribution is -0.141. The van der Waals surface area contributed by atoms with Gasteiger partial charge in [-0.25, -0.2) is 0 Å². The topological polar surface area (TPSA) is 49.8 Å². The Morgan fingerprint density at radius 3 is 2.50 bits per heavy atom. The highest BCUT2D eigenvalue weighted by atomic mass is 19.4. The first-order valence-corrected chi connectivity index (χ1v) is 8.20. The lowest BCUT2D eigenvalue weighted by atomic mass is 10.1. The van der Waals surface area contributed by atoms with E-state index in [0.29, 0.717) is 31.8 Å². The minimum absolute atomic E-state index is 0.115. The van der Waals surface area contributed by atoms with Gasteiger partial charge in [-0.15, -0.1) is 0 Å². The number of carbonyl (C=O) groups is 1. The van der Waals surface area contributed by atoms with E-state index in [-0.39, 0.29) is 11.7 Å². The lowest BCUT2D eigenvalue weighted by Gasteiger charge is -2.16. The summed E-state index contributed by atoms with van der Waals surface area (Å²) in [7, 11) is 0. The van der Waals surface area contributed by atoms with E-state index in [9.17, 15) is 18.0 Å². The Hall–Kier alpha value is -2.54. The molecular formula is C19H18F3NO3. The third-order valence-corrected chi connectivity index (χ3v) is 4.32. The molecule has 26 heavy (non-hydrogen) atoms. The summed E-state index contributed by atoms with van der Waals surface area (Å²) in [6.45, 7) is 1.77. The highest BCUT2D eigenvalue weighted by Gasteiger charge is 2.30. The van der Waals surface area contributed by atoms with Crippen molar-refractivity contribution in [3.05, 3.63) is 59.7 Å². The first-order chi connectivity index (χ1) is 12.3. The number of hydrogen-bond acceptors (Lipinski definition) is 3. The van der Waals surface area contributed by atoms with Crippen LogP contribution in [0.5, 0.6) is 11.5 Å². The maximum Gasteiger partial charge on any atom is 0.416 e. The number of benzene rings is 2. The van der Waals surface area contributed by atoms with Crippen molar-refractivity contribution in [2.75, 3.05) is 13.1 Å². The first-order valence-electron chi connectivity index (χ1n) is 8.20. The summed E-state index contributed by atoms with van der Waals surface area (Å²) in [5.41, 5.74) is 0.156. The highest BCUT2D eigenvalue weighted by molar-refractivity contribution is 5.70. The predicted molar refractivity (Wildman–Crippen MR) is 89.0 cm³/mol. The van der Waals surface area contributed by atoms with Crippen molar-refractivity contribution < 1.29 is 27.8 Å². The molecule has 0 saturated carbocycles. The second-order valence-corrected chi connectivity index (χ2v) is 6.33. The molecule has 4 nitrogen and oxygen atoms in total. The Bertz CT molecular complexity index is 792. The van der Waals surface area contributed by atoms with Gasteiger partial charge in [-0.1, -0.05) is 18.2 Å². The quantitative estimate of drug-likeness (QED) is 0.853. The fourth-order valence-electron chi connectivity index (χ4n) is 3.02. The fraction of sp³-hybridized carbons (Fsp3) is 0.316. The van der Waals surface area contributed by atoms with Crippen LogP contribution in [-0.2, 0) is 17.5 Å². The smallest absolute Gasteiger partial charge is 0.416 e. The van der Waals surface area contributed by atoms with Gasteiger partial charge in [0.05, 0.1) is 11.5 Å². The van der Waals surface area contributed by atoms with Crippen LogP contribution in [0.4, 0.5) is 13.2 Å². The molecule has 0 spiro atoms. The van der Waals surface area contributed by atoms with Gasteiger partial charge in [0.2, 0.25) is 0 Å². The minimum atomic E-state index is -4.42. The number of aliphatic carboxylic acids is 1. The van der Waals surface area contributed by atoms with Crippen molar-refractivity contribution in [1.29, 1.82) is 0 Å². The maximum absolute atomic E-state index is 12.8. The number of likely N-dealkylation sites (tertiary alicyclic amines) is 1. The standard InChI is InChI=1S/C19H18F3NO3/c20-19(21,22)15-4-2-6-17(10-15)26-16-5-1-3-13(9-16)11-23-8-7-14(12-23)18(24)25/h1-6,9-10,14H,7-8,11-12H2,(H,24,25). The molecule has 1 fully saturated rings. The number of alkyl halides is 3. The molecule has 1 N–H and O–H groups in total. The second-order valence-electron chi connectivity index (χ2n) is 6.33. The van der Waals surface area contributed by atoms with Crippen LogP contribution < -0.4 is 4.74 Å². The summed E-state index contributed by atoms with van der Waals surface area (Å²) in [5, 5.41) is 9.06. The van der Waals surface area contributed by atoms with Crippen LogP contribution in [0.3, 0.4) is 0 Å².